The molecule has 1 heterocycles. The second kappa shape index (κ2) is 14.0. The first-order valence-corrected chi connectivity index (χ1v) is 16.7. The smallest absolute Gasteiger partial charge is 0.415 e. The Morgan fingerprint density at radius 3 is 1.86 bits per heavy atom. The summed E-state index contributed by atoms with van der Waals surface area (Å²) in [6, 6.07) is 15.8. The summed E-state index contributed by atoms with van der Waals surface area (Å²) in [5.41, 5.74) is -1.28. The van der Waals surface area contributed by atoms with Gasteiger partial charge in [0.15, 0.2) is 5.78 Å². The first-order chi connectivity index (χ1) is 20.1. The van der Waals surface area contributed by atoms with Crippen molar-refractivity contribution >= 4 is 25.3 Å². The molecule has 1 saturated heterocycles. The molecule has 3 amide bonds. The number of amides is 3. The van der Waals surface area contributed by atoms with Crippen LogP contribution in [0.3, 0.4) is 0 Å². The number of nitrogens with one attached hydrogen (secondary N) is 2. The average molecular weight is 614 g/mol. The molecule has 0 saturated carbocycles. The summed E-state index contributed by atoms with van der Waals surface area (Å²) >= 11 is 0. The summed E-state index contributed by atoms with van der Waals surface area (Å²) in [5, 5.41) is 5.92. The normalized spacial score (nSPS) is 17.9. The minimum absolute atomic E-state index is 0.241. The molecule has 2 unspecified atom stereocenters. The van der Waals surface area contributed by atoms with E-state index in [0.717, 1.165) is 0 Å². The third-order valence-corrected chi connectivity index (χ3v) is 9.92. The average Bonchev–Trinajstić information content (AvgIpc) is 3.44. The van der Waals surface area contributed by atoms with Crippen LogP contribution in [0, 0.1) is 16.7 Å². The Morgan fingerprint density at radius 1 is 0.907 bits per heavy atom. The lowest BCUT2D eigenvalue weighted by Crippen LogP contribution is -2.59. The van der Waals surface area contributed by atoms with Crippen molar-refractivity contribution in [2.45, 2.75) is 92.5 Å². The SMILES string of the molecule is CCC(C)C(NC(=O)[C@@H]1CCCN1C(=O)[C@@H](NC(=O)C(C)(C)C)C(C)(C)C)P(=O)(Oc1ccccc1)Oc1ccccc1. The standard InChI is InChI=1S/C33H48N3O6P/c1-9-23(2)29(43(40,41-24-17-12-10-13-18-24)42-25-19-14-11-15-20-25)35-28(37)26-21-16-22-36(26)30(38)27(32(3,4)5)34-31(39)33(6,7)8/h10-15,17-20,23,26-27,29H,9,16,21-22H2,1-8H3,(H,34,39)(H,35,37)/t23?,26-,27+,29?/m0/s1. The molecule has 0 radical (unpaired) electrons. The molecule has 236 valence electrons. The molecule has 9 nitrogen and oxygen atoms in total. The molecule has 3 rings (SSSR count). The van der Waals surface area contributed by atoms with Gasteiger partial charge < -0.3 is 24.6 Å². The van der Waals surface area contributed by atoms with Crippen LogP contribution < -0.4 is 19.7 Å². The van der Waals surface area contributed by atoms with E-state index in [9.17, 15) is 18.9 Å². The van der Waals surface area contributed by atoms with Gasteiger partial charge in [0.2, 0.25) is 17.7 Å². The van der Waals surface area contributed by atoms with Crippen LogP contribution in [0.5, 0.6) is 11.5 Å². The summed E-state index contributed by atoms with van der Waals surface area (Å²) in [6.45, 7) is 15.2. The van der Waals surface area contributed by atoms with E-state index >= 15 is 0 Å². The van der Waals surface area contributed by atoms with Crippen molar-refractivity contribution in [2.24, 2.45) is 16.7 Å². The van der Waals surface area contributed by atoms with Gasteiger partial charge in [0.1, 0.15) is 23.6 Å². The van der Waals surface area contributed by atoms with Crippen LogP contribution in [0.1, 0.15) is 74.7 Å². The van der Waals surface area contributed by atoms with Crippen molar-refractivity contribution in [3.05, 3.63) is 60.7 Å². The van der Waals surface area contributed by atoms with Crippen LogP contribution in [0.4, 0.5) is 0 Å². The number of para-hydroxylation sites is 2. The van der Waals surface area contributed by atoms with Crippen LogP contribution in [0.25, 0.3) is 0 Å². The zero-order valence-electron chi connectivity index (χ0n) is 26.8. The molecule has 0 aliphatic carbocycles. The number of hydrogen-bond acceptors (Lipinski definition) is 6. The Kier molecular flexibility index (Phi) is 11.1. The topological polar surface area (TPSA) is 114 Å². The molecule has 4 atom stereocenters. The van der Waals surface area contributed by atoms with Crippen molar-refractivity contribution < 1.29 is 28.0 Å². The van der Waals surface area contributed by atoms with E-state index in [1.807, 2.05) is 46.8 Å². The number of benzene rings is 2. The number of nitrogens with zero attached hydrogens (tertiary/aromatic N) is 1. The van der Waals surface area contributed by atoms with Crippen molar-refractivity contribution in [2.75, 3.05) is 6.54 Å². The zero-order chi connectivity index (χ0) is 32.0. The lowest BCUT2D eigenvalue weighted by atomic mass is 9.84. The summed E-state index contributed by atoms with van der Waals surface area (Å²) in [4.78, 5) is 42.4. The van der Waals surface area contributed by atoms with Crippen LogP contribution in [-0.4, -0.2) is 47.0 Å². The molecular weight excluding hydrogens is 565 g/mol. The molecule has 43 heavy (non-hydrogen) atoms. The highest BCUT2D eigenvalue weighted by Gasteiger charge is 2.47. The van der Waals surface area contributed by atoms with E-state index in [0.29, 0.717) is 37.3 Å². The van der Waals surface area contributed by atoms with E-state index in [4.69, 9.17) is 9.05 Å². The van der Waals surface area contributed by atoms with E-state index in [1.54, 1.807) is 74.2 Å². The fourth-order valence-electron chi connectivity index (χ4n) is 4.85. The minimum Gasteiger partial charge on any atom is -0.415 e. The fraction of sp³-hybridized carbons (Fsp3) is 0.545. The molecule has 2 aromatic rings. The van der Waals surface area contributed by atoms with Crippen LogP contribution in [-0.2, 0) is 18.9 Å². The minimum atomic E-state index is -4.06. The molecule has 0 spiro atoms. The summed E-state index contributed by atoms with van der Waals surface area (Å²) in [6.07, 6.45) is 1.66. The van der Waals surface area contributed by atoms with Crippen LogP contribution >= 0.6 is 7.60 Å². The van der Waals surface area contributed by atoms with E-state index < -0.39 is 42.2 Å². The summed E-state index contributed by atoms with van der Waals surface area (Å²) < 4.78 is 26.8. The highest BCUT2D eigenvalue weighted by atomic mass is 31.2. The second-order valence-electron chi connectivity index (χ2n) is 13.4. The Morgan fingerprint density at radius 2 is 1.42 bits per heavy atom. The first kappa shape index (κ1) is 34.2. The van der Waals surface area contributed by atoms with Gasteiger partial charge in [-0.1, -0.05) is 98.2 Å². The fourth-order valence-corrected chi connectivity index (χ4v) is 7.07. The number of hydrogen-bond donors (Lipinski definition) is 2. The van der Waals surface area contributed by atoms with E-state index in [1.165, 1.54) is 0 Å². The van der Waals surface area contributed by atoms with Crippen LogP contribution in [0.2, 0.25) is 0 Å². The maximum atomic E-state index is 14.7. The lowest BCUT2D eigenvalue weighted by molar-refractivity contribution is -0.145. The lowest BCUT2D eigenvalue weighted by Gasteiger charge is -2.37. The van der Waals surface area contributed by atoms with Crippen molar-refractivity contribution in [1.82, 2.24) is 15.5 Å². The molecule has 2 N–H and O–H groups in total. The highest BCUT2D eigenvalue weighted by molar-refractivity contribution is 7.55. The summed E-state index contributed by atoms with van der Waals surface area (Å²) in [5.74, 6) is -1.57. The number of carbonyl (C=O) groups is 3. The van der Waals surface area contributed by atoms with Gasteiger partial charge in [-0.3, -0.25) is 14.4 Å². The Labute approximate surface area is 256 Å². The van der Waals surface area contributed by atoms with Crippen molar-refractivity contribution in [3.63, 3.8) is 0 Å². The quantitative estimate of drug-likeness (QED) is 0.284. The first-order valence-electron chi connectivity index (χ1n) is 15.1. The van der Waals surface area contributed by atoms with Crippen molar-refractivity contribution in [1.29, 1.82) is 0 Å². The van der Waals surface area contributed by atoms with Gasteiger partial charge in [0, 0.05) is 12.0 Å². The molecule has 0 bridgehead atoms. The summed E-state index contributed by atoms with van der Waals surface area (Å²) in [7, 11) is -4.06. The predicted molar refractivity (Wildman–Crippen MR) is 169 cm³/mol. The maximum Gasteiger partial charge on any atom is 0.453 e. The predicted octanol–water partition coefficient (Wildman–Crippen LogP) is 6.39. The molecule has 1 aliphatic rings. The van der Waals surface area contributed by atoms with E-state index in [2.05, 4.69) is 10.6 Å². The van der Waals surface area contributed by atoms with Gasteiger partial charge in [-0.15, -0.1) is 0 Å². The van der Waals surface area contributed by atoms with Crippen molar-refractivity contribution in [3.8, 4) is 11.5 Å². The van der Waals surface area contributed by atoms with E-state index in [-0.39, 0.29) is 17.7 Å². The number of rotatable bonds is 11. The monoisotopic (exact) mass is 613 g/mol. The zero-order valence-corrected chi connectivity index (χ0v) is 27.6. The molecule has 2 aromatic carbocycles. The van der Waals surface area contributed by atoms with Gasteiger partial charge >= 0.3 is 7.60 Å². The Balaban J connectivity index is 1.92. The highest BCUT2D eigenvalue weighted by Crippen LogP contribution is 2.54. The van der Waals surface area contributed by atoms with Gasteiger partial charge in [-0.05, 0) is 48.4 Å². The molecule has 1 aliphatic heterocycles. The number of likely N-dealkylation sites (tertiary alicyclic amines) is 1. The third kappa shape index (κ3) is 8.85. The third-order valence-electron chi connectivity index (χ3n) is 7.67. The number of carbonyl (C=O) groups excluding carboxylic acids is 3. The van der Waals surface area contributed by atoms with Gasteiger partial charge in [-0.25, -0.2) is 4.57 Å². The van der Waals surface area contributed by atoms with Gasteiger partial charge in [-0.2, -0.15) is 0 Å². The Bertz CT molecular complexity index is 1240. The Hall–Kier alpha value is -3.32. The molecule has 1 fully saturated rings. The van der Waals surface area contributed by atoms with Gasteiger partial charge in [0.05, 0.1) is 0 Å². The molecule has 10 heteroatoms. The molecular formula is C33H48N3O6P. The van der Waals surface area contributed by atoms with Crippen LogP contribution in [0.15, 0.2) is 60.7 Å². The maximum absolute atomic E-state index is 14.7. The largest absolute Gasteiger partial charge is 0.453 e. The van der Waals surface area contributed by atoms with Gasteiger partial charge in [0.25, 0.3) is 0 Å². The second-order valence-corrected chi connectivity index (χ2v) is 15.4. The molecule has 0 aromatic heterocycles.